The second kappa shape index (κ2) is 8.98. The first-order chi connectivity index (χ1) is 17.2. The minimum Gasteiger partial charge on any atom is -0.403 e. The number of nitrogens with one attached hydrogen (secondary N) is 1. The molecule has 184 valence electrons. The van der Waals surface area contributed by atoms with Gasteiger partial charge in [0.2, 0.25) is 0 Å². The molecule has 0 amide bonds. The fourth-order valence-electron chi connectivity index (χ4n) is 3.57. The molecule has 1 aliphatic rings. The van der Waals surface area contributed by atoms with Gasteiger partial charge in [-0.2, -0.15) is 15.3 Å². The maximum Gasteiger partial charge on any atom is 0.573 e. The largest absolute Gasteiger partial charge is 0.573 e. The Hall–Kier alpha value is -4.42. The molecule has 0 saturated carbocycles. The lowest BCUT2D eigenvalue weighted by atomic mass is 10.1. The third-order valence-corrected chi connectivity index (χ3v) is 5.22. The summed E-state index contributed by atoms with van der Waals surface area (Å²) < 4.78 is 82.2. The van der Waals surface area contributed by atoms with E-state index < -0.39 is 29.6 Å². The molecule has 0 atom stereocenters. The zero-order valence-electron chi connectivity index (χ0n) is 18.0. The predicted molar refractivity (Wildman–Crippen MR) is 115 cm³/mol. The Morgan fingerprint density at radius 2 is 1.81 bits per heavy atom. The van der Waals surface area contributed by atoms with Crippen LogP contribution < -0.4 is 4.74 Å². The molecule has 0 fully saturated rings. The van der Waals surface area contributed by atoms with Crippen molar-refractivity contribution < 1.29 is 31.1 Å². The quantitative estimate of drug-likeness (QED) is 0.378. The van der Waals surface area contributed by atoms with Crippen LogP contribution in [0.2, 0.25) is 0 Å². The van der Waals surface area contributed by atoms with Gasteiger partial charge in [0, 0.05) is 5.56 Å². The van der Waals surface area contributed by atoms with Gasteiger partial charge in [-0.05, 0) is 42.5 Å². The van der Waals surface area contributed by atoms with Crippen molar-refractivity contribution >= 4 is 6.21 Å². The van der Waals surface area contributed by atoms with Gasteiger partial charge in [-0.15, -0.1) is 13.2 Å². The van der Waals surface area contributed by atoms with Crippen LogP contribution in [0.3, 0.4) is 0 Å². The smallest absolute Gasteiger partial charge is 0.403 e. The van der Waals surface area contributed by atoms with E-state index in [1.165, 1.54) is 24.4 Å². The summed E-state index contributed by atoms with van der Waals surface area (Å²) in [5.74, 6) is -3.94. The van der Waals surface area contributed by atoms with Crippen molar-refractivity contribution in [2.75, 3.05) is 0 Å². The lowest BCUT2D eigenvalue weighted by Gasteiger charge is -2.20. The van der Waals surface area contributed by atoms with Gasteiger partial charge in [0.15, 0.2) is 23.2 Å². The Morgan fingerprint density at radius 1 is 0.972 bits per heavy atom. The van der Waals surface area contributed by atoms with Gasteiger partial charge in [-0.1, -0.05) is 6.07 Å². The minimum absolute atomic E-state index is 0.000226. The SMILES string of the molecule is Fc1cc(-c2ccc(CN3Cc4[nH]c(-c5cccc(F)c5F)nc4C=N3)nn2)ccc1OC(F)(F)F. The summed E-state index contributed by atoms with van der Waals surface area (Å²) in [5.41, 5.74) is 2.11. The fraction of sp³-hybridized carbons (Fsp3) is 0.130. The van der Waals surface area contributed by atoms with Gasteiger partial charge in [0.1, 0.15) is 11.5 Å². The van der Waals surface area contributed by atoms with Crippen molar-refractivity contribution in [3.63, 3.8) is 0 Å². The van der Waals surface area contributed by atoms with Crippen molar-refractivity contribution in [2.24, 2.45) is 5.10 Å². The molecule has 0 saturated heterocycles. The van der Waals surface area contributed by atoms with Crippen LogP contribution in [0.1, 0.15) is 17.1 Å². The number of hydrogen-bond acceptors (Lipinski definition) is 6. The normalized spacial score (nSPS) is 13.1. The second-order valence-corrected chi connectivity index (χ2v) is 7.72. The van der Waals surface area contributed by atoms with Gasteiger partial charge in [0.25, 0.3) is 0 Å². The topological polar surface area (TPSA) is 79.3 Å². The zero-order chi connectivity index (χ0) is 25.4. The highest BCUT2D eigenvalue weighted by Crippen LogP contribution is 2.29. The molecule has 0 spiro atoms. The highest BCUT2D eigenvalue weighted by atomic mass is 19.4. The molecule has 2 aromatic carbocycles. The summed E-state index contributed by atoms with van der Waals surface area (Å²) in [5, 5.41) is 14.0. The molecule has 0 aliphatic carbocycles. The maximum absolute atomic E-state index is 14.1. The van der Waals surface area contributed by atoms with Crippen LogP contribution in [0.15, 0.2) is 53.6 Å². The molecule has 0 bridgehead atoms. The minimum atomic E-state index is -5.01. The molecule has 7 nitrogen and oxygen atoms in total. The molecule has 3 heterocycles. The van der Waals surface area contributed by atoms with Crippen LogP contribution in [0.4, 0.5) is 26.3 Å². The molecule has 0 unspecified atom stereocenters. The van der Waals surface area contributed by atoms with Crippen molar-refractivity contribution in [1.29, 1.82) is 0 Å². The van der Waals surface area contributed by atoms with Gasteiger partial charge < -0.3 is 9.72 Å². The van der Waals surface area contributed by atoms with Crippen LogP contribution in [0.25, 0.3) is 22.6 Å². The predicted octanol–water partition coefficient (Wildman–Crippen LogP) is 5.20. The molecule has 2 aromatic heterocycles. The molecule has 13 heteroatoms. The number of halogens is 6. The van der Waals surface area contributed by atoms with E-state index in [0.29, 0.717) is 17.1 Å². The third-order valence-electron chi connectivity index (χ3n) is 5.22. The van der Waals surface area contributed by atoms with E-state index in [1.807, 2.05) is 0 Å². The molecule has 0 radical (unpaired) electrons. The summed E-state index contributed by atoms with van der Waals surface area (Å²) in [6.45, 7) is 0.518. The van der Waals surface area contributed by atoms with Crippen LogP contribution in [-0.4, -0.2) is 37.8 Å². The van der Waals surface area contributed by atoms with Crippen LogP contribution in [0.5, 0.6) is 5.75 Å². The number of rotatable bonds is 5. The molecule has 4 aromatic rings. The average molecular weight is 504 g/mol. The fourth-order valence-corrected chi connectivity index (χ4v) is 3.57. The van der Waals surface area contributed by atoms with Crippen LogP contribution in [0, 0.1) is 17.5 Å². The number of alkyl halides is 3. The number of hydrogen-bond donors (Lipinski definition) is 1. The number of aromatic amines is 1. The number of hydrazone groups is 1. The summed E-state index contributed by atoms with van der Waals surface area (Å²) in [6.07, 6.45) is -3.53. The Morgan fingerprint density at radius 3 is 2.53 bits per heavy atom. The summed E-state index contributed by atoms with van der Waals surface area (Å²) in [6, 6.07) is 9.95. The molecular weight excluding hydrogens is 490 g/mol. The van der Waals surface area contributed by atoms with Crippen LogP contribution >= 0.6 is 0 Å². The van der Waals surface area contributed by atoms with Gasteiger partial charge >= 0.3 is 6.36 Å². The number of aromatic nitrogens is 4. The standard InChI is InChI=1S/C23H14F6N6O/c24-15-3-1-2-14(21(15)26)22-31-18-9-30-35(11-19(18)32-22)10-13-5-6-17(34-33-13)12-4-7-20(16(25)8-12)36-23(27,28)29/h1-9H,10-11H2,(H,31,32). The van der Waals surface area contributed by atoms with Crippen molar-refractivity contribution in [3.8, 4) is 28.4 Å². The maximum atomic E-state index is 14.1. The van der Waals surface area contributed by atoms with E-state index in [-0.39, 0.29) is 35.7 Å². The number of H-pyrrole nitrogens is 1. The number of ether oxygens (including phenoxy) is 1. The van der Waals surface area contributed by atoms with Crippen molar-refractivity contribution in [2.45, 2.75) is 19.5 Å². The van der Waals surface area contributed by atoms with Gasteiger partial charge in [0.05, 0.1) is 41.9 Å². The highest BCUT2D eigenvalue weighted by molar-refractivity contribution is 5.80. The summed E-state index contributed by atoms with van der Waals surface area (Å²) in [4.78, 5) is 7.26. The Labute approximate surface area is 199 Å². The Kier molecular flexibility index (Phi) is 5.82. The third kappa shape index (κ3) is 4.85. The highest BCUT2D eigenvalue weighted by Gasteiger charge is 2.32. The molecule has 1 aliphatic heterocycles. The summed E-state index contributed by atoms with van der Waals surface area (Å²) >= 11 is 0. The summed E-state index contributed by atoms with van der Waals surface area (Å²) in [7, 11) is 0. The molecule has 36 heavy (non-hydrogen) atoms. The Balaban J connectivity index is 1.27. The molecule has 5 rings (SSSR count). The van der Waals surface area contributed by atoms with Crippen molar-refractivity contribution in [1.82, 2.24) is 25.2 Å². The number of benzene rings is 2. The van der Waals surface area contributed by atoms with Gasteiger partial charge in [-0.25, -0.2) is 18.2 Å². The first-order valence-corrected chi connectivity index (χ1v) is 10.4. The number of nitrogens with zero attached hydrogens (tertiary/aromatic N) is 5. The van der Waals surface area contributed by atoms with Gasteiger partial charge in [-0.3, -0.25) is 5.01 Å². The lowest BCUT2D eigenvalue weighted by Crippen LogP contribution is -2.22. The molecule has 1 N–H and O–H groups in total. The Bertz CT molecular complexity index is 1450. The first-order valence-electron chi connectivity index (χ1n) is 10.4. The average Bonchev–Trinajstić information content (AvgIpc) is 3.25. The van der Waals surface area contributed by atoms with E-state index in [9.17, 15) is 26.3 Å². The van der Waals surface area contributed by atoms with E-state index in [4.69, 9.17) is 0 Å². The monoisotopic (exact) mass is 504 g/mol. The molecular formula is C23H14F6N6O. The lowest BCUT2D eigenvalue weighted by molar-refractivity contribution is -0.275. The van der Waals surface area contributed by atoms with E-state index in [1.54, 1.807) is 17.1 Å². The second-order valence-electron chi connectivity index (χ2n) is 7.72. The van der Waals surface area contributed by atoms with Crippen LogP contribution in [-0.2, 0) is 13.1 Å². The van der Waals surface area contributed by atoms with Crippen molar-refractivity contribution in [3.05, 3.63) is 83.1 Å². The number of imidazole rings is 1. The van der Waals surface area contributed by atoms with E-state index in [0.717, 1.165) is 18.2 Å². The first kappa shape index (κ1) is 23.3. The number of fused-ring (bicyclic) bond motifs is 1. The zero-order valence-corrected chi connectivity index (χ0v) is 18.0. The van der Waals surface area contributed by atoms with E-state index in [2.05, 4.69) is 30.0 Å². The van der Waals surface area contributed by atoms with E-state index >= 15 is 0 Å².